The first kappa shape index (κ1) is 25.3. The second-order valence-electron chi connectivity index (χ2n) is 7.01. The predicted molar refractivity (Wildman–Crippen MR) is 101 cm³/mol. The molecule has 0 aliphatic rings. The maximum absolute atomic E-state index is 11.6. The van der Waals surface area contributed by atoms with Gasteiger partial charge in [-0.25, -0.2) is 0 Å². The van der Waals surface area contributed by atoms with Crippen LogP contribution in [-0.4, -0.2) is 51.7 Å². The third-order valence-corrected chi connectivity index (χ3v) is 5.92. The number of rotatable bonds is 17. The first-order valence-electron chi connectivity index (χ1n) is 9.74. The molecule has 0 aromatic heterocycles. The van der Waals surface area contributed by atoms with Gasteiger partial charge in [-0.2, -0.15) is 8.42 Å². The number of aliphatic hydroxyl groups is 2. The van der Waals surface area contributed by atoms with Crippen LogP contribution in [0.1, 0.15) is 90.4 Å². The summed E-state index contributed by atoms with van der Waals surface area (Å²) in [5, 5.41) is 27.4. The van der Waals surface area contributed by atoms with Crippen LogP contribution < -0.4 is 0 Å². The third kappa shape index (κ3) is 12.6. The molecule has 0 aliphatic heterocycles. The van der Waals surface area contributed by atoms with E-state index in [0.29, 0.717) is 32.1 Å². The fourth-order valence-corrected chi connectivity index (χ4v) is 4.02. The molecule has 3 atom stereocenters. The third-order valence-electron chi connectivity index (χ3n) is 4.64. The molecule has 0 aromatic rings. The lowest BCUT2D eigenvalue weighted by molar-refractivity contribution is -0.137. The molecule has 0 heterocycles. The van der Waals surface area contributed by atoms with E-state index in [2.05, 4.69) is 6.92 Å². The SMILES string of the molecule is CCCCCCCCC(C(O)C(O)CCCCCCC(=O)O)S(=O)(=O)O. The van der Waals surface area contributed by atoms with Crippen LogP contribution in [0.2, 0.25) is 0 Å². The molecule has 4 N–H and O–H groups in total. The lowest BCUT2D eigenvalue weighted by Crippen LogP contribution is -2.42. The molecule has 8 heteroatoms. The van der Waals surface area contributed by atoms with Gasteiger partial charge in [0, 0.05) is 6.42 Å². The number of aliphatic carboxylic acids is 1. The van der Waals surface area contributed by atoms with Gasteiger partial charge in [0.1, 0.15) is 5.25 Å². The summed E-state index contributed by atoms with van der Waals surface area (Å²) in [6.45, 7) is 2.11. The fourth-order valence-electron chi connectivity index (χ4n) is 3.02. The minimum absolute atomic E-state index is 0.105. The van der Waals surface area contributed by atoms with Gasteiger partial charge in [0.2, 0.25) is 0 Å². The van der Waals surface area contributed by atoms with Crippen molar-refractivity contribution in [1.29, 1.82) is 0 Å². The molecule has 0 fully saturated rings. The minimum atomic E-state index is -4.43. The fraction of sp³-hybridized carbons (Fsp3) is 0.944. The van der Waals surface area contributed by atoms with E-state index < -0.39 is 33.5 Å². The molecule has 26 heavy (non-hydrogen) atoms. The number of unbranched alkanes of at least 4 members (excludes halogenated alkanes) is 8. The van der Waals surface area contributed by atoms with Gasteiger partial charge >= 0.3 is 5.97 Å². The maximum Gasteiger partial charge on any atom is 0.303 e. The second kappa shape index (κ2) is 14.4. The van der Waals surface area contributed by atoms with E-state index in [1.165, 1.54) is 0 Å². The van der Waals surface area contributed by atoms with E-state index in [1.54, 1.807) is 0 Å². The quantitative estimate of drug-likeness (QED) is 0.219. The van der Waals surface area contributed by atoms with Crippen LogP contribution in [-0.2, 0) is 14.9 Å². The standard InChI is InChI=1S/C18H36O7S/c1-2-3-4-5-6-10-13-16(26(23,24)25)18(22)15(19)12-9-7-8-11-14-17(20)21/h15-16,18-19,22H,2-14H2,1H3,(H,20,21)(H,23,24,25). The molecule has 0 aliphatic carbocycles. The van der Waals surface area contributed by atoms with E-state index >= 15 is 0 Å². The van der Waals surface area contributed by atoms with Crippen molar-refractivity contribution in [1.82, 2.24) is 0 Å². The molecule has 0 aromatic carbocycles. The van der Waals surface area contributed by atoms with Crippen molar-refractivity contribution in [2.24, 2.45) is 0 Å². The largest absolute Gasteiger partial charge is 0.481 e. The first-order chi connectivity index (χ1) is 12.2. The zero-order chi connectivity index (χ0) is 20.0. The Morgan fingerprint density at radius 2 is 1.35 bits per heavy atom. The van der Waals surface area contributed by atoms with Crippen molar-refractivity contribution < 1.29 is 33.1 Å². The molecule has 0 saturated carbocycles. The van der Waals surface area contributed by atoms with Crippen LogP contribution in [0.3, 0.4) is 0 Å². The van der Waals surface area contributed by atoms with E-state index in [1.807, 2.05) is 0 Å². The molecule has 0 bridgehead atoms. The van der Waals surface area contributed by atoms with Gasteiger partial charge < -0.3 is 15.3 Å². The second-order valence-corrected chi connectivity index (χ2v) is 8.65. The monoisotopic (exact) mass is 396 g/mol. The van der Waals surface area contributed by atoms with Crippen LogP contribution in [0.25, 0.3) is 0 Å². The van der Waals surface area contributed by atoms with Crippen molar-refractivity contribution >= 4 is 16.1 Å². The molecule has 3 unspecified atom stereocenters. The van der Waals surface area contributed by atoms with Crippen molar-refractivity contribution in [3.05, 3.63) is 0 Å². The van der Waals surface area contributed by atoms with Gasteiger partial charge in [0.05, 0.1) is 12.2 Å². The molecule has 0 saturated heterocycles. The number of carbonyl (C=O) groups is 1. The van der Waals surface area contributed by atoms with Crippen molar-refractivity contribution in [2.45, 2.75) is 108 Å². The van der Waals surface area contributed by atoms with Gasteiger partial charge in [-0.3, -0.25) is 9.35 Å². The van der Waals surface area contributed by atoms with Gasteiger partial charge in [-0.15, -0.1) is 0 Å². The Bertz CT molecular complexity index is 464. The normalized spacial score (nSPS) is 15.5. The summed E-state index contributed by atoms with van der Waals surface area (Å²) >= 11 is 0. The van der Waals surface area contributed by atoms with Gasteiger partial charge in [-0.05, 0) is 19.3 Å². The summed E-state index contributed by atoms with van der Waals surface area (Å²) in [4.78, 5) is 10.4. The lowest BCUT2D eigenvalue weighted by atomic mass is 9.99. The molecule has 0 amide bonds. The van der Waals surface area contributed by atoms with Crippen molar-refractivity contribution in [3.8, 4) is 0 Å². The highest BCUT2D eigenvalue weighted by molar-refractivity contribution is 7.86. The Balaban J connectivity index is 4.23. The molecule has 0 spiro atoms. The predicted octanol–water partition coefficient (Wildman–Crippen LogP) is 3.14. The van der Waals surface area contributed by atoms with Crippen LogP contribution in [0.15, 0.2) is 0 Å². The number of aliphatic hydroxyl groups excluding tert-OH is 2. The Kier molecular flexibility index (Phi) is 14.0. The van der Waals surface area contributed by atoms with Crippen LogP contribution in [0, 0.1) is 0 Å². The average molecular weight is 397 g/mol. The number of carboxylic acid groups (broad SMARTS) is 1. The van der Waals surface area contributed by atoms with Gasteiger partial charge in [0.15, 0.2) is 0 Å². The van der Waals surface area contributed by atoms with E-state index in [9.17, 15) is 28.0 Å². The maximum atomic E-state index is 11.6. The highest BCUT2D eigenvalue weighted by Crippen LogP contribution is 2.20. The molecule has 0 rings (SSSR count). The highest BCUT2D eigenvalue weighted by Gasteiger charge is 2.34. The summed E-state index contributed by atoms with van der Waals surface area (Å²) in [5.74, 6) is -0.842. The zero-order valence-corrected chi connectivity index (χ0v) is 16.7. The molecule has 0 radical (unpaired) electrons. The Labute approximate surface area is 157 Å². The van der Waals surface area contributed by atoms with Crippen molar-refractivity contribution in [2.75, 3.05) is 0 Å². The summed E-state index contributed by atoms with van der Waals surface area (Å²) in [5.41, 5.74) is 0. The van der Waals surface area contributed by atoms with E-state index in [0.717, 1.165) is 32.1 Å². The zero-order valence-electron chi connectivity index (χ0n) is 15.8. The van der Waals surface area contributed by atoms with E-state index in [-0.39, 0.29) is 19.3 Å². The van der Waals surface area contributed by atoms with Gasteiger partial charge in [-0.1, -0.05) is 64.7 Å². The minimum Gasteiger partial charge on any atom is -0.481 e. The molecular weight excluding hydrogens is 360 g/mol. The Morgan fingerprint density at radius 3 is 1.88 bits per heavy atom. The Morgan fingerprint density at radius 1 is 0.846 bits per heavy atom. The smallest absolute Gasteiger partial charge is 0.303 e. The van der Waals surface area contributed by atoms with Gasteiger partial charge in [0.25, 0.3) is 10.1 Å². The van der Waals surface area contributed by atoms with Crippen LogP contribution in [0.5, 0.6) is 0 Å². The summed E-state index contributed by atoms with van der Waals surface area (Å²) in [6, 6.07) is 0. The average Bonchev–Trinajstić information content (AvgIpc) is 2.55. The summed E-state index contributed by atoms with van der Waals surface area (Å²) in [6.07, 6.45) is 5.97. The first-order valence-corrected chi connectivity index (χ1v) is 11.2. The summed E-state index contributed by atoms with van der Waals surface area (Å²) < 4.78 is 32.5. The van der Waals surface area contributed by atoms with Crippen LogP contribution in [0.4, 0.5) is 0 Å². The number of carboxylic acids is 1. The summed E-state index contributed by atoms with van der Waals surface area (Å²) in [7, 11) is -4.43. The Hall–Kier alpha value is -0.700. The molecule has 7 nitrogen and oxygen atoms in total. The molecule has 156 valence electrons. The molecular formula is C18H36O7S. The lowest BCUT2D eigenvalue weighted by Gasteiger charge is -2.24. The number of hydrogen-bond donors (Lipinski definition) is 4. The van der Waals surface area contributed by atoms with Crippen LogP contribution >= 0.6 is 0 Å². The topological polar surface area (TPSA) is 132 Å². The van der Waals surface area contributed by atoms with E-state index in [4.69, 9.17) is 5.11 Å². The van der Waals surface area contributed by atoms with Crippen molar-refractivity contribution in [3.63, 3.8) is 0 Å². The highest BCUT2D eigenvalue weighted by atomic mass is 32.2. The number of hydrogen-bond acceptors (Lipinski definition) is 5.